The number of nitrogens with one attached hydrogen (secondary N) is 2. The highest BCUT2D eigenvalue weighted by Crippen LogP contribution is 2.22. The summed E-state index contributed by atoms with van der Waals surface area (Å²) in [6.07, 6.45) is 3.06. The molecule has 0 bridgehead atoms. The lowest BCUT2D eigenvalue weighted by atomic mass is 10.1. The summed E-state index contributed by atoms with van der Waals surface area (Å²) in [5.74, 6) is -0.696. The van der Waals surface area contributed by atoms with Gasteiger partial charge in [-0.3, -0.25) is 14.6 Å². The van der Waals surface area contributed by atoms with Crippen LogP contribution < -0.4 is 10.7 Å². The molecule has 3 aromatic rings. The number of hydrogen-bond donors (Lipinski definition) is 2. The molecule has 0 saturated heterocycles. The average molecular weight is 427 g/mol. The molecule has 6 nitrogen and oxygen atoms in total. The Kier molecular flexibility index (Phi) is 6.59. The molecule has 1 aromatic heterocycles. The summed E-state index contributed by atoms with van der Waals surface area (Å²) < 4.78 is 0. The van der Waals surface area contributed by atoms with Crippen LogP contribution in [0.4, 0.5) is 5.69 Å². The van der Waals surface area contributed by atoms with E-state index in [0.717, 1.165) is 5.56 Å². The topological polar surface area (TPSA) is 83.4 Å². The third kappa shape index (κ3) is 5.40. The van der Waals surface area contributed by atoms with E-state index in [2.05, 4.69) is 20.8 Å². The molecule has 2 N–H and O–H groups in total. The lowest BCUT2D eigenvalue weighted by Crippen LogP contribution is -2.19. The fourth-order valence-electron chi connectivity index (χ4n) is 2.46. The molecule has 0 spiro atoms. The second kappa shape index (κ2) is 9.32. The first-order valence-corrected chi connectivity index (χ1v) is 9.31. The van der Waals surface area contributed by atoms with Gasteiger partial charge in [-0.05, 0) is 55.0 Å². The minimum Gasteiger partial charge on any atom is -0.322 e. The third-order valence-corrected chi connectivity index (χ3v) is 4.53. The van der Waals surface area contributed by atoms with Gasteiger partial charge in [0.15, 0.2) is 0 Å². The molecule has 2 amide bonds. The van der Waals surface area contributed by atoms with Gasteiger partial charge >= 0.3 is 0 Å². The van der Waals surface area contributed by atoms with Crippen molar-refractivity contribution in [2.24, 2.45) is 5.10 Å². The molecule has 0 atom stereocenters. The molecular weight excluding hydrogens is 411 g/mol. The van der Waals surface area contributed by atoms with E-state index in [1.165, 1.54) is 18.5 Å². The number of nitrogens with zero attached hydrogens (tertiary/aromatic N) is 2. The Hall–Kier alpha value is -3.22. The molecule has 8 heteroatoms. The number of anilines is 1. The van der Waals surface area contributed by atoms with E-state index in [1.54, 1.807) is 49.4 Å². The molecule has 0 fully saturated rings. The lowest BCUT2D eigenvalue weighted by Gasteiger charge is -2.09. The van der Waals surface area contributed by atoms with Gasteiger partial charge in [-0.1, -0.05) is 35.3 Å². The van der Waals surface area contributed by atoms with Crippen LogP contribution in [0.25, 0.3) is 0 Å². The molecule has 0 unspecified atom stereocenters. The summed E-state index contributed by atoms with van der Waals surface area (Å²) in [7, 11) is 0. The van der Waals surface area contributed by atoms with Crippen LogP contribution in [-0.4, -0.2) is 22.5 Å². The van der Waals surface area contributed by atoms with Crippen molar-refractivity contribution in [3.63, 3.8) is 0 Å². The van der Waals surface area contributed by atoms with Crippen LogP contribution >= 0.6 is 23.2 Å². The first-order valence-electron chi connectivity index (χ1n) is 8.55. The molecule has 146 valence electrons. The van der Waals surface area contributed by atoms with Gasteiger partial charge in [0, 0.05) is 28.7 Å². The highest BCUT2D eigenvalue weighted by molar-refractivity contribution is 6.37. The van der Waals surface area contributed by atoms with Crippen molar-refractivity contribution in [2.45, 2.75) is 6.92 Å². The van der Waals surface area contributed by atoms with Gasteiger partial charge in [0.2, 0.25) is 0 Å². The molecule has 2 aromatic carbocycles. The van der Waals surface area contributed by atoms with Crippen LogP contribution in [0.1, 0.15) is 33.2 Å². The zero-order valence-corrected chi connectivity index (χ0v) is 16.8. The minimum atomic E-state index is -0.357. The highest BCUT2D eigenvalue weighted by atomic mass is 35.5. The Morgan fingerprint density at radius 3 is 2.41 bits per heavy atom. The summed E-state index contributed by atoms with van der Waals surface area (Å²) in [5.41, 5.74) is 5.15. The molecule has 1 heterocycles. The number of carbonyl (C=O) groups is 2. The predicted octanol–water partition coefficient (Wildman–Crippen LogP) is 4.79. The third-order valence-electron chi connectivity index (χ3n) is 3.98. The van der Waals surface area contributed by atoms with Crippen molar-refractivity contribution < 1.29 is 9.59 Å². The highest BCUT2D eigenvalue weighted by Gasteiger charge is 2.12. The first kappa shape index (κ1) is 20.5. The standard InChI is InChI=1S/C21H16Cl2N4O2/c1-13(26-27-20(28)14-7-9-24-10-8-14)15-3-2-4-17(11-15)25-21(29)18-6-5-16(22)12-19(18)23/h2-12H,1H3,(H,25,29)(H,27,28). The van der Waals surface area contributed by atoms with E-state index < -0.39 is 0 Å². The molecule has 0 aliphatic carbocycles. The maximum atomic E-state index is 12.5. The Morgan fingerprint density at radius 1 is 0.931 bits per heavy atom. The van der Waals surface area contributed by atoms with Gasteiger partial charge in [0.1, 0.15) is 0 Å². The monoisotopic (exact) mass is 426 g/mol. The maximum absolute atomic E-state index is 12.5. The Labute approximate surface area is 177 Å². The first-order chi connectivity index (χ1) is 13.9. The molecule has 29 heavy (non-hydrogen) atoms. The van der Waals surface area contributed by atoms with Crippen LogP contribution in [0.2, 0.25) is 10.0 Å². The molecular formula is C21H16Cl2N4O2. The summed E-state index contributed by atoms with van der Waals surface area (Å²) in [6, 6.07) is 15.0. The van der Waals surface area contributed by atoms with E-state index in [0.29, 0.717) is 27.5 Å². The Bertz CT molecular complexity index is 1090. The summed E-state index contributed by atoms with van der Waals surface area (Å²) >= 11 is 12.0. The fraction of sp³-hybridized carbons (Fsp3) is 0.0476. The number of aromatic nitrogens is 1. The summed E-state index contributed by atoms with van der Waals surface area (Å²) in [5, 5.41) is 7.63. The van der Waals surface area contributed by atoms with Crippen molar-refractivity contribution in [3.8, 4) is 0 Å². The number of pyridine rings is 1. The summed E-state index contributed by atoms with van der Waals surface area (Å²) in [4.78, 5) is 28.4. The van der Waals surface area contributed by atoms with E-state index in [-0.39, 0.29) is 16.8 Å². The van der Waals surface area contributed by atoms with E-state index >= 15 is 0 Å². The van der Waals surface area contributed by atoms with Gasteiger partial charge in [-0.25, -0.2) is 5.43 Å². The van der Waals surface area contributed by atoms with Crippen molar-refractivity contribution in [3.05, 3.63) is 93.7 Å². The number of amides is 2. The average Bonchev–Trinajstić information content (AvgIpc) is 2.72. The lowest BCUT2D eigenvalue weighted by molar-refractivity contribution is 0.0954. The molecule has 3 rings (SSSR count). The zero-order chi connectivity index (χ0) is 20.8. The molecule has 0 aliphatic heterocycles. The van der Waals surface area contributed by atoms with E-state index in [4.69, 9.17) is 23.2 Å². The number of carbonyl (C=O) groups excluding carboxylic acids is 2. The van der Waals surface area contributed by atoms with Gasteiger partial charge in [0.05, 0.1) is 16.3 Å². The zero-order valence-electron chi connectivity index (χ0n) is 15.3. The van der Waals surface area contributed by atoms with Crippen molar-refractivity contribution in [1.29, 1.82) is 0 Å². The van der Waals surface area contributed by atoms with Crippen LogP contribution in [0.15, 0.2) is 72.1 Å². The second-order valence-electron chi connectivity index (χ2n) is 6.03. The number of benzene rings is 2. The predicted molar refractivity (Wildman–Crippen MR) is 115 cm³/mol. The van der Waals surface area contributed by atoms with Crippen LogP contribution in [0, 0.1) is 0 Å². The normalized spacial score (nSPS) is 11.1. The van der Waals surface area contributed by atoms with Gasteiger partial charge in [-0.2, -0.15) is 5.10 Å². The number of hydrogen-bond acceptors (Lipinski definition) is 4. The molecule has 0 saturated carbocycles. The maximum Gasteiger partial charge on any atom is 0.271 e. The number of rotatable bonds is 5. The van der Waals surface area contributed by atoms with Crippen LogP contribution in [0.3, 0.4) is 0 Å². The van der Waals surface area contributed by atoms with E-state index in [1.807, 2.05) is 6.07 Å². The number of halogens is 2. The smallest absolute Gasteiger partial charge is 0.271 e. The van der Waals surface area contributed by atoms with Crippen molar-refractivity contribution in [1.82, 2.24) is 10.4 Å². The second-order valence-corrected chi connectivity index (χ2v) is 6.88. The minimum absolute atomic E-state index is 0.266. The SMILES string of the molecule is CC(=NNC(=O)c1ccncc1)c1cccc(NC(=O)c2ccc(Cl)cc2Cl)c1. The Morgan fingerprint density at radius 2 is 1.69 bits per heavy atom. The van der Waals surface area contributed by atoms with Crippen LogP contribution in [-0.2, 0) is 0 Å². The molecule has 0 radical (unpaired) electrons. The number of hydrazone groups is 1. The van der Waals surface area contributed by atoms with Gasteiger partial charge in [-0.15, -0.1) is 0 Å². The van der Waals surface area contributed by atoms with Crippen LogP contribution in [0.5, 0.6) is 0 Å². The fourth-order valence-corrected chi connectivity index (χ4v) is 2.96. The van der Waals surface area contributed by atoms with Crippen molar-refractivity contribution in [2.75, 3.05) is 5.32 Å². The quantitative estimate of drug-likeness (QED) is 0.454. The largest absolute Gasteiger partial charge is 0.322 e. The van der Waals surface area contributed by atoms with Crippen molar-refractivity contribution >= 4 is 46.4 Å². The van der Waals surface area contributed by atoms with Gasteiger partial charge in [0.25, 0.3) is 11.8 Å². The van der Waals surface area contributed by atoms with Gasteiger partial charge < -0.3 is 5.32 Å². The molecule has 0 aliphatic rings. The van der Waals surface area contributed by atoms with E-state index in [9.17, 15) is 9.59 Å². The Balaban J connectivity index is 1.71. The summed E-state index contributed by atoms with van der Waals surface area (Å²) in [6.45, 7) is 1.75.